The third kappa shape index (κ3) is 13.3. The fourth-order valence-electron chi connectivity index (χ4n) is 16.0. The highest BCUT2D eigenvalue weighted by Crippen LogP contribution is 2.44. The summed E-state index contributed by atoms with van der Waals surface area (Å²) in [5.41, 5.74) is 21.0. The molecule has 23 rings (SSSR count). The molecule has 588 valence electrons. The maximum atomic E-state index is 14.2. The third-order valence-electron chi connectivity index (χ3n) is 21.9. The molecule has 0 N–H and O–H groups in total. The molecule has 8 aromatic carbocycles. The molecular formula is C96H69F6N10O5S3+5. The Balaban J connectivity index is 0.0000000993. The molecule has 0 amide bonds. The first kappa shape index (κ1) is 76.1. The molecule has 0 saturated carbocycles. The minimum absolute atomic E-state index is 0.0251. The number of para-hydroxylation sites is 3. The van der Waals surface area contributed by atoms with Gasteiger partial charge in [-0.05, 0) is 166 Å². The van der Waals surface area contributed by atoms with Gasteiger partial charge in [0.15, 0.2) is 29.1 Å². The van der Waals surface area contributed by atoms with Crippen LogP contribution in [0, 0.1) is 70.2 Å². The van der Waals surface area contributed by atoms with E-state index in [1.165, 1.54) is 64.9 Å². The second-order valence-electron chi connectivity index (χ2n) is 29.5. The van der Waals surface area contributed by atoms with Gasteiger partial charge in [0.2, 0.25) is 86.2 Å². The van der Waals surface area contributed by atoms with Gasteiger partial charge in [0.25, 0.3) is 15.0 Å². The highest BCUT2D eigenvalue weighted by atomic mass is 32.1. The fourth-order valence-corrected chi connectivity index (χ4v) is 19.7. The number of aryl methyl sites for hydroxylation is 10. The highest BCUT2D eigenvalue weighted by Gasteiger charge is 2.30. The summed E-state index contributed by atoms with van der Waals surface area (Å²) < 4.78 is 125. The van der Waals surface area contributed by atoms with Gasteiger partial charge in [0.05, 0.1) is 27.6 Å². The predicted octanol–water partition coefficient (Wildman–Crippen LogP) is 23.4. The highest BCUT2D eigenvalue weighted by molar-refractivity contribution is 7.22. The molecule has 120 heavy (non-hydrogen) atoms. The van der Waals surface area contributed by atoms with Crippen LogP contribution >= 0.6 is 34.0 Å². The molecule has 0 spiro atoms. The van der Waals surface area contributed by atoms with E-state index >= 15 is 0 Å². The van der Waals surface area contributed by atoms with Crippen molar-refractivity contribution in [2.75, 3.05) is 0 Å². The molecular weight excluding hydrogens is 1580 g/mol. The molecule has 0 aliphatic heterocycles. The number of nitrogens with zero attached hydrogens (tertiary/aromatic N) is 10. The van der Waals surface area contributed by atoms with E-state index in [0.29, 0.717) is 33.8 Å². The van der Waals surface area contributed by atoms with Crippen LogP contribution in [-0.2, 0) is 35.2 Å². The largest absolute Gasteiger partial charge is 0.438 e. The quantitative estimate of drug-likeness (QED) is 0.0926. The Morgan fingerprint density at radius 3 is 1.11 bits per heavy atom. The van der Waals surface area contributed by atoms with E-state index in [1.54, 1.807) is 64.3 Å². The van der Waals surface area contributed by atoms with Crippen molar-refractivity contribution < 1.29 is 71.3 Å². The molecule has 23 aromatic rings. The molecule has 0 radical (unpaired) electrons. The van der Waals surface area contributed by atoms with Gasteiger partial charge in [-0.25, -0.2) is 13.5 Å². The number of rotatable bonds is 5. The third-order valence-corrected chi connectivity index (χ3v) is 25.7. The normalized spacial score (nSPS) is 11.7. The zero-order valence-corrected chi connectivity index (χ0v) is 68.5. The van der Waals surface area contributed by atoms with Crippen LogP contribution in [0.2, 0.25) is 0 Å². The Kier molecular flexibility index (Phi) is 19.1. The SMILES string of the molecule is Cc1cc2c(cc1-c1sc3ccccc3[n+]1C)oc1nc(F)ccc12.Cc1cc2oc3nc(F)ccc3c2cc1-c1sc2ccccc2[n+]1C.Cc1ccc2c(oc3nc(F)cc(F)c32)c1-c1cccc[n+]1C.Cc1ccc2c(oc3nc(F)ccc32)c1-c1cccc[n+]1C.Cc1ccc2c(oc3nc(F)ccc32)c1-c1sc2ccccc2[n+]1C. The first-order valence-corrected chi connectivity index (χ1v) is 40.7. The average Bonchev–Trinajstić information content (AvgIpc) is 1.60. The lowest BCUT2D eigenvalue weighted by atomic mass is 10.0. The zero-order chi connectivity index (χ0) is 82.8. The lowest BCUT2D eigenvalue weighted by molar-refractivity contribution is -0.660. The summed E-state index contributed by atoms with van der Waals surface area (Å²) in [7, 11) is 10.1. The number of halogens is 6. The maximum absolute atomic E-state index is 14.2. The first-order valence-electron chi connectivity index (χ1n) is 38.2. The van der Waals surface area contributed by atoms with Crippen LogP contribution in [0.5, 0.6) is 0 Å². The Hall–Kier alpha value is -13.9. The molecule has 15 heterocycles. The standard InChI is InChI=1S/3C20H14FN2OS.C18H13F2N2O.C18H14FN2O/c1-11-9-16-14(12-7-8-18(21)22-19(12)24-16)10-13(11)20-23(2)15-5-3-4-6-17(15)25-20;1-11-9-14-12-7-8-18(21)22-19(12)24-16(14)10-13(11)20-23(2)15-5-3-4-6-17(15)25-20;1-11-7-8-12-13-9-10-16(21)22-19(13)24-18(12)17(11)20-23(2)14-5-3-4-6-15(14)25-20;1-10-6-7-11-16-12(19)9-14(20)21-18(16)23-17(11)15(10)13-5-3-4-8-22(13)2;1-11-6-7-12-13-8-9-15(19)20-18(13)22-17(12)16(11)14-5-3-4-10-21(14)2/h3*3-10H,1-2H3;3-9H,1-2H3;3-10H,1-2H3/q5*+1. The Morgan fingerprint density at radius 1 is 0.283 bits per heavy atom. The van der Waals surface area contributed by atoms with Gasteiger partial charge in [-0.15, -0.1) is 0 Å². The van der Waals surface area contributed by atoms with Crippen LogP contribution in [0.25, 0.3) is 195 Å². The number of benzene rings is 8. The molecule has 0 aliphatic rings. The molecule has 0 saturated heterocycles. The summed E-state index contributed by atoms with van der Waals surface area (Å²) in [6.45, 7) is 10.2. The summed E-state index contributed by atoms with van der Waals surface area (Å²) in [4.78, 5) is 19.2. The van der Waals surface area contributed by atoms with Crippen LogP contribution in [0.1, 0.15) is 27.8 Å². The Bertz CT molecular complexity index is 8120. The van der Waals surface area contributed by atoms with E-state index in [0.717, 1.165) is 144 Å². The van der Waals surface area contributed by atoms with Gasteiger partial charge >= 0.3 is 0 Å². The van der Waals surface area contributed by atoms with E-state index in [2.05, 4.69) is 159 Å². The number of hydrogen-bond acceptors (Lipinski definition) is 13. The van der Waals surface area contributed by atoms with E-state index < -0.39 is 35.6 Å². The zero-order valence-electron chi connectivity index (χ0n) is 66.0. The predicted molar refractivity (Wildman–Crippen MR) is 460 cm³/mol. The van der Waals surface area contributed by atoms with Gasteiger partial charge < -0.3 is 22.1 Å². The van der Waals surface area contributed by atoms with Crippen LogP contribution in [0.3, 0.4) is 0 Å². The van der Waals surface area contributed by atoms with Crippen molar-refractivity contribution in [3.63, 3.8) is 0 Å². The Labute approximate surface area is 691 Å². The number of pyridine rings is 7. The number of aromatic nitrogens is 10. The van der Waals surface area contributed by atoms with Crippen molar-refractivity contribution in [1.82, 2.24) is 24.9 Å². The van der Waals surface area contributed by atoms with Crippen LogP contribution in [0.4, 0.5) is 26.3 Å². The summed E-state index contributed by atoms with van der Waals surface area (Å²) in [5.74, 6) is -3.68. The average molecular weight is 1650 g/mol. The van der Waals surface area contributed by atoms with E-state index in [-0.39, 0.29) is 11.1 Å². The second kappa shape index (κ2) is 30.2. The number of thiazole rings is 3. The van der Waals surface area contributed by atoms with Gasteiger partial charge in [-0.2, -0.15) is 60.6 Å². The topological polar surface area (TPSA) is 150 Å². The minimum Gasteiger partial charge on any atom is -0.438 e. The first-order chi connectivity index (χ1) is 58.1. The van der Waals surface area contributed by atoms with Gasteiger partial charge in [0, 0.05) is 97.0 Å². The summed E-state index contributed by atoms with van der Waals surface area (Å²) in [6, 6.07) is 70.1. The van der Waals surface area contributed by atoms with Crippen LogP contribution in [-0.4, -0.2) is 24.9 Å². The summed E-state index contributed by atoms with van der Waals surface area (Å²) >= 11 is 5.25. The van der Waals surface area contributed by atoms with Crippen molar-refractivity contribution in [1.29, 1.82) is 0 Å². The monoisotopic (exact) mass is 1650 g/mol. The second-order valence-corrected chi connectivity index (χ2v) is 32.6. The molecule has 0 fully saturated rings. The number of fused-ring (bicyclic) bond motifs is 18. The van der Waals surface area contributed by atoms with Gasteiger partial charge in [-0.1, -0.05) is 107 Å². The molecule has 0 unspecified atom stereocenters. The van der Waals surface area contributed by atoms with Gasteiger partial charge in [-0.3, -0.25) is 0 Å². The fraction of sp³-hybridized carbons (Fsp3) is 0.104. The van der Waals surface area contributed by atoms with Crippen molar-refractivity contribution in [2.45, 2.75) is 34.6 Å². The number of hydrogen-bond donors (Lipinski definition) is 0. The summed E-state index contributed by atoms with van der Waals surface area (Å²) in [5, 5.41) is 11.4. The molecule has 15 nitrogen and oxygen atoms in total. The molecule has 15 aromatic heterocycles. The maximum Gasteiger partial charge on any atom is 0.273 e. The molecule has 24 heteroatoms. The van der Waals surface area contributed by atoms with Crippen molar-refractivity contribution in [3.05, 3.63) is 300 Å². The smallest absolute Gasteiger partial charge is 0.273 e. The number of furan rings is 5. The molecule has 0 aliphatic carbocycles. The van der Waals surface area contributed by atoms with Crippen molar-refractivity contribution in [2.24, 2.45) is 35.2 Å². The molecule has 0 atom stereocenters. The van der Waals surface area contributed by atoms with Gasteiger partial charge in [0.1, 0.15) is 71.9 Å². The summed E-state index contributed by atoms with van der Waals surface area (Å²) in [6.07, 6.45) is 3.92. The van der Waals surface area contributed by atoms with Crippen LogP contribution in [0.15, 0.2) is 259 Å². The Morgan fingerprint density at radius 2 is 0.633 bits per heavy atom. The van der Waals surface area contributed by atoms with Crippen molar-refractivity contribution >= 4 is 175 Å². The van der Waals surface area contributed by atoms with E-state index in [1.807, 2.05) is 134 Å². The molecule has 0 bridgehead atoms. The van der Waals surface area contributed by atoms with Crippen LogP contribution < -0.4 is 22.8 Å². The minimum atomic E-state index is -0.891. The van der Waals surface area contributed by atoms with E-state index in [4.69, 9.17) is 22.1 Å². The van der Waals surface area contributed by atoms with Crippen molar-refractivity contribution in [3.8, 4) is 54.2 Å². The lowest BCUT2D eigenvalue weighted by Gasteiger charge is -2.04. The van der Waals surface area contributed by atoms with E-state index in [9.17, 15) is 26.3 Å². The lowest BCUT2D eigenvalue weighted by Crippen LogP contribution is -2.30.